The first-order valence-electron chi connectivity index (χ1n) is 7.99. The molecule has 8 heteroatoms. The lowest BCUT2D eigenvalue weighted by Gasteiger charge is -2.28. The third kappa shape index (κ3) is 3.97. The van der Waals surface area contributed by atoms with E-state index in [1.165, 1.54) is 19.1 Å². The second kappa shape index (κ2) is 7.09. The lowest BCUT2D eigenvalue weighted by atomic mass is 10.2. The summed E-state index contributed by atoms with van der Waals surface area (Å²) in [6.07, 6.45) is 1.81. The van der Waals surface area contributed by atoms with Crippen LogP contribution in [0.2, 0.25) is 0 Å². The predicted molar refractivity (Wildman–Crippen MR) is 92.1 cm³/mol. The average Bonchev–Trinajstić information content (AvgIpc) is 2.84. The van der Waals surface area contributed by atoms with Crippen molar-refractivity contribution in [3.63, 3.8) is 0 Å². The van der Waals surface area contributed by atoms with Gasteiger partial charge in [0.2, 0.25) is 0 Å². The van der Waals surface area contributed by atoms with E-state index >= 15 is 0 Å². The second-order valence-corrected chi connectivity index (χ2v) is 10.8. The lowest BCUT2D eigenvalue weighted by molar-refractivity contribution is 0.259. The molecule has 1 saturated heterocycles. The summed E-state index contributed by atoms with van der Waals surface area (Å²) in [5.74, 6) is -1.02. The van der Waals surface area contributed by atoms with Crippen LogP contribution in [0.25, 0.3) is 0 Å². The quantitative estimate of drug-likeness (QED) is 0.707. The minimum absolute atomic E-state index is 0.0163. The first kappa shape index (κ1) is 19.3. The van der Waals surface area contributed by atoms with Crippen LogP contribution in [0.15, 0.2) is 23.1 Å². The molecule has 1 aliphatic heterocycles. The van der Waals surface area contributed by atoms with Crippen molar-refractivity contribution in [2.75, 3.05) is 25.1 Å². The zero-order valence-corrected chi connectivity index (χ0v) is 15.8. The molecule has 1 aromatic carbocycles. The fourth-order valence-electron chi connectivity index (χ4n) is 3.05. The Hall–Kier alpha value is -0.990. The van der Waals surface area contributed by atoms with Crippen LogP contribution in [-0.2, 0) is 19.7 Å². The molecule has 0 saturated carbocycles. The Morgan fingerprint density at radius 2 is 1.96 bits per heavy atom. The van der Waals surface area contributed by atoms with Crippen LogP contribution in [0.4, 0.5) is 4.39 Å². The molecule has 136 valence electrons. The van der Waals surface area contributed by atoms with Gasteiger partial charge in [-0.05, 0) is 50.7 Å². The number of nitrogens with zero attached hydrogens (tertiary/aromatic N) is 1. The third-order valence-corrected chi connectivity index (χ3v) is 8.68. The molecule has 0 spiro atoms. The van der Waals surface area contributed by atoms with Crippen molar-refractivity contribution in [2.24, 2.45) is 0 Å². The van der Waals surface area contributed by atoms with Crippen LogP contribution in [0.5, 0.6) is 0 Å². The fourth-order valence-corrected chi connectivity index (χ4v) is 8.04. The van der Waals surface area contributed by atoms with E-state index in [1.54, 1.807) is 7.05 Å². The Labute approximate surface area is 143 Å². The topological polar surface area (TPSA) is 71.5 Å². The minimum atomic E-state index is -3.86. The van der Waals surface area contributed by atoms with Crippen molar-refractivity contribution >= 4 is 19.7 Å². The van der Waals surface area contributed by atoms with Gasteiger partial charge in [-0.25, -0.2) is 21.2 Å². The summed E-state index contributed by atoms with van der Waals surface area (Å²) in [5, 5.41) is -1.02. The highest BCUT2D eigenvalue weighted by molar-refractivity contribution is 7.96. The highest BCUT2D eigenvalue weighted by atomic mass is 32.2. The Morgan fingerprint density at radius 1 is 1.29 bits per heavy atom. The number of halogens is 1. The molecule has 2 rings (SSSR count). The van der Waals surface area contributed by atoms with Gasteiger partial charge in [0.25, 0.3) is 0 Å². The molecule has 24 heavy (non-hydrogen) atoms. The van der Waals surface area contributed by atoms with E-state index < -0.39 is 36.8 Å². The van der Waals surface area contributed by atoms with Crippen LogP contribution >= 0.6 is 0 Å². The average molecular weight is 378 g/mol. The van der Waals surface area contributed by atoms with Gasteiger partial charge in [-0.1, -0.05) is 13.3 Å². The molecular formula is C16H24FNO4S2. The molecule has 0 amide bonds. The molecular weight excluding hydrogens is 353 g/mol. The molecule has 1 heterocycles. The highest BCUT2D eigenvalue weighted by Gasteiger charge is 2.47. The van der Waals surface area contributed by atoms with Gasteiger partial charge in [0.15, 0.2) is 19.7 Å². The van der Waals surface area contributed by atoms with Gasteiger partial charge in [0.1, 0.15) is 5.82 Å². The van der Waals surface area contributed by atoms with Crippen LogP contribution in [0, 0.1) is 12.7 Å². The predicted octanol–water partition coefficient (Wildman–Crippen LogP) is 1.81. The van der Waals surface area contributed by atoms with Gasteiger partial charge >= 0.3 is 0 Å². The zero-order valence-electron chi connectivity index (χ0n) is 14.2. The Morgan fingerprint density at radius 3 is 2.54 bits per heavy atom. The highest BCUT2D eigenvalue weighted by Crippen LogP contribution is 2.29. The Kier molecular flexibility index (Phi) is 5.71. The molecule has 0 radical (unpaired) electrons. The van der Waals surface area contributed by atoms with E-state index in [2.05, 4.69) is 0 Å². The van der Waals surface area contributed by atoms with E-state index in [0.29, 0.717) is 6.54 Å². The number of hydrogen-bond acceptors (Lipinski definition) is 5. The molecule has 5 nitrogen and oxygen atoms in total. The van der Waals surface area contributed by atoms with Crippen LogP contribution < -0.4 is 0 Å². The SMILES string of the molecule is CCCCN(C)[C@H]1CS(=O)(=O)C[C@@H]1S(=O)(=O)c1ccc(F)c(C)c1. The standard InChI is InChI=1S/C16H24FNO4S2/c1-4-5-8-18(3)15-10-23(19,20)11-16(15)24(21,22)13-6-7-14(17)12(2)9-13/h6-7,9,15-16H,4-5,8,10-11H2,1-3H3/t15-,16-/m0/s1. The third-order valence-electron chi connectivity index (χ3n) is 4.56. The molecule has 0 aliphatic carbocycles. The summed E-state index contributed by atoms with van der Waals surface area (Å²) in [6.45, 7) is 4.16. The summed E-state index contributed by atoms with van der Waals surface area (Å²) >= 11 is 0. The number of unbranched alkanes of at least 4 members (excludes halogenated alkanes) is 1. The molecule has 1 aliphatic rings. The van der Waals surface area contributed by atoms with Crippen LogP contribution in [0.1, 0.15) is 25.3 Å². The van der Waals surface area contributed by atoms with Crippen molar-refractivity contribution in [2.45, 2.75) is 42.9 Å². The van der Waals surface area contributed by atoms with Gasteiger partial charge in [0, 0.05) is 6.04 Å². The van der Waals surface area contributed by atoms with Crippen molar-refractivity contribution in [3.05, 3.63) is 29.6 Å². The van der Waals surface area contributed by atoms with E-state index in [-0.39, 0.29) is 22.0 Å². The second-order valence-electron chi connectivity index (χ2n) is 6.47. The van der Waals surface area contributed by atoms with Crippen molar-refractivity contribution < 1.29 is 21.2 Å². The van der Waals surface area contributed by atoms with Crippen LogP contribution in [0.3, 0.4) is 0 Å². The van der Waals surface area contributed by atoms with E-state index in [4.69, 9.17) is 0 Å². The fraction of sp³-hybridized carbons (Fsp3) is 0.625. The Bertz CT molecular complexity index is 805. The largest absolute Gasteiger partial charge is 0.301 e. The number of aryl methyl sites for hydroxylation is 1. The van der Waals surface area contributed by atoms with Gasteiger partial charge in [0.05, 0.1) is 21.7 Å². The van der Waals surface area contributed by atoms with Crippen LogP contribution in [-0.4, -0.2) is 58.1 Å². The zero-order chi connectivity index (χ0) is 18.1. The first-order chi connectivity index (χ1) is 11.1. The van der Waals surface area contributed by atoms with Gasteiger partial charge in [-0.3, -0.25) is 0 Å². The molecule has 1 aromatic rings. The molecule has 0 N–H and O–H groups in total. The maximum absolute atomic E-state index is 13.4. The monoisotopic (exact) mass is 377 g/mol. The minimum Gasteiger partial charge on any atom is -0.301 e. The number of benzene rings is 1. The van der Waals surface area contributed by atoms with Gasteiger partial charge in [-0.15, -0.1) is 0 Å². The summed E-state index contributed by atoms with van der Waals surface area (Å²) in [5.41, 5.74) is 0.229. The summed E-state index contributed by atoms with van der Waals surface area (Å²) in [7, 11) is -5.51. The molecule has 1 fully saturated rings. The van der Waals surface area contributed by atoms with Gasteiger partial charge in [-0.2, -0.15) is 0 Å². The van der Waals surface area contributed by atoms with Gasteiger partial charge < -0.3 is 4.90 Å². The maximum Gasteiger partial charge on any atom is 0.183 e. The maximum atomic E-state index is 13.4. The first-order valence-corrected chi connectivity index (χ1v) is 11.4. The number of sulfone groups is 2. The molecule has 0 unspecified atom stereocenters. The summed E-state index contributed by atoms with van der Waals surface area (Å²) in [4.78, 5) is 1.81. The summed E-state index contributed by atoms with van der Waals surface area (Å²) < 4.78 is 63.5. The van der Waals surface area contributed by atoms with E-state index in [1.807, 2.05) is 11.8 Å². The van der Waals surface area contributed by atoms with Crippen molar-refractivity contribution in [1.29, 1.82) is 0 Å². The lowest BCUT2D eigenvalue weighted by Crippen LogP contribution is -2.44. The smallest absolute Gasteiger partial charge is 0.183 e. The van der Waals surface area contributed by atoms with Crippen molar-refractivity contribution in [1.82, 2.24) is 4.90 Å². The summed E-state index contributed by atoms with van der Waals surface area (Å²) in [6, 6.07) is 3.03. The molecule has 0 aromatic heterocycles. The van der Waals surface area contributed by atoms with E-state index in [0.717, 1.165) is 18.9 Å². The molecule has 2 atom stereocenters. The van der Waals surface area contributed by atoms with E-state index in [9.17, 15) is 21.2 Å². The molecule has 0 bridgehead atoms. The van der Waals surface area contributed by atoms with Crippen molar-refractivity contribution in [3.8, 4) is 0 Å². The normalized spacial score (nSPS) is 23.7. The number of rotatable bonds is 6. The Balaban J connectivity index is 2.39. The number of hydrogen-bond donors (Lipinski definition) is 0.